The highest BCUT2D eigenvalue weighted by molar-refractivity contribution is 5.90. The molecule has 2 N–H and O–H groups in total. The second-order valence-corrected chi connectivity index (χ2v) is 7.46. The Morgan fingerprint density at radius 1 is 1.26 bits per heavy atom. The summed E-state index contributed by atoms with van der Waals surface area (Å²) in [6.07, 6.45) is 6.56. The van der Waals surface area contributed by atoms with Gasteiger partial charge in [-0.25, -0.2) is 9.97 Å². The van der Waals surface area contributed by atoms with E-state index in [-0.39, 0.29) is 11.7 Å². The van der Waals surface area contributed by atoms with E-state index in [1.54, 1.807) is 12.1 Å². The molecule has 0 bridgehead atoms. The highest BCUT2D eigenvalue weighted by Gasteiger charge is 2.22. The SMILES string of the molecule is CCCCC(CC)CC(=O)Nc1nc2c(nc1C)-c1ccc(O)cc1CC2. The zero-order valence-electron chi connectivity index (χ0n) is 16.5. The number of phenolic OH excluding ortho intramolecular Hbond substituents is 1. The first-order chi connectivity index (χ1) is 13.0. The van der Waals surface area contributed by atoms with Gasteiger partial charge in [0.1, 0.15) is 5.75 Å². The Morgan fingerprint density at radius 2 is 2.07 bits per heavy atom. The molecule has 0 saturated carbocycles. The van der Waals surface area contributed by atoms with E-state index in [1.807, 2.05) is 13.0 Å². The Morgan fingerprint density at radius 3 is 2.81 bits per heavy atom. The number of benzene rings is 1. The molecule has 1 heterocycles. The topological polar surface area (TPSA) is 75.1 Å². The molecule has 0 spiro atoms. The van der Waals surface area contributed by atoms with E-state index in [2.05, 4.69) is 19.2 Å². The molecule has 5 nitrogen and oxygen atoms in total. The average Bonchev–Trinajstić information content (AvgIpc) is 2.65. The molecule has 1 amide bonds. The molecular weight excluding hydrogens is 338 g/mol. The van der Waals surface area contributed by atoms with E-state index in [0.717, 1.165) is 60.3 Å². The fourth-order valence-corrected chi connectivity index (χ4v) is 3.72. The summed E-state index contributed by atoms with van der Waals surface area (Å²) >= 11 is 0. The standard InChI is InChI=1S/C22H29N3O2/c1-4-6-7-15(5-2)12-20(27)25-22-14(3)23-21-18-10-9-17(26)13-16(18)8-11-19(21)24-22/h9-10,13,15,26H,4-8,11-12H2,1-3H3,(H,24,25,27). The smallest absolute Gasteiger partial charge is 0.225 e. The van der Waals surface area contributed by atoms with Gasteiger partial charge in [-0.15, -0.1) is 0 Å². The Labute approximate surface area is 161 Å². The number of hydrogen-bond acceptors (Lipinski definition) is 4. The Hall–Kier alpha value is -2.43. The van der Waals surface area contributed by atoms with Gasteiger partial charge in [0.25, 0.3) is 0 Å². The molecule has 0 fully saturated rings. The number of nitrogens with one attached hydrogen (secondary N) is 1. The average molecular weight is 367 g/mol. The summed E-state index contributed by atoms with van der Waals surface area (Å²) in [6.45, 7) is 6.21. The Balaban J connectivity index is 1.77. The van der Waals surface area contributed by atoms with E-state index in [4.69, 9.17) is 9.97 Å². The molecule has 1 unspecified atom stereocenters. The van der Waals surface area contributed by atoms with Gasteiger partial charge in [-0.05, 0) is 55.9 Å². The molecule has 2 aromatic rings. The first kappa shape index (κ1) is 19.3. The minimum atomic E-state index is 0.0245. The molecule has 3 rings (SSSR count). The zero-order chi connectivity index (χ0) is 19.4. The minimum Gasteiger partial charge on any atom is -0.508 e. The third-order valence-electron chi connectivity index (χ3n) is 5.39. The molecule has 5 heteroatoms. The molecular formula is C22H29N3O2. The normalized spacial score (nSPS) is 13.6. The van der Waals surface area contributed by atoms with E-state index >= 15 is 0 Å². The molecule has 144 valence electrons. The minimum absolute atomic E-state index is 0.0245. The lowest BCUT2D eigenvalue weighted by Gasteiger charge is -2.20. The summed E-state index contributed by atoms with van der Waals surface area (Å²) in [5, 5.41) is 12.7. The fraction of sp³-hybridized carbons (Fsp3) is 0.500. The predicted molar refractivity (Wildman–Crippen MR) is 108 cm³/mol. The lowest BCUT2D eigenvalue weighted by atomic mass is 9.91. The number of aromatic hydroxyl groups is 1. The molecule has 1 aliphatic carbocycles. The van der Waals surface area contributed by atoms with Crippen molar-refractivity contribution in [2.45, 2.75) is 65.7 Å². The van der Waals surface area contributed by atoms with Crippen LogP contribution in [0.15, 0.2) is 18.2 Å². The highest BCUT2D eigenvalue weighted by atomic mass is 16.3. The molecule has 1 aliphatic rings. The molecule has 1 aromatic carbocycles. The van der Waals surface area contributed by atoms with Crippen molar-refractivity contribution in [2.24, 2.45) is 5.92 Å². The summed E-state index contributed by atoms with van der Waals surface area (Å²) < 4.78 is 0. The van der Waals surface area contributed by atoms with E-state index in [1.165, 1.54) is 6.42 Å². The summed E-state index contributed by atoms with van der Waals surface area (Å²) in [4.78, 5) is 21.9. The van der Waals surface area contributed by atoms with Crippen molar-refractivity contribution in [1.29, 1.82) is 0 Å². The van der Waals surface area contributed by atoms with Crippen LogP contribution in [0, 0.1) is 12.8 Å². The van der Waals surface area contributed by atoms with Crippen molar-refractivity contribution >= 4 is 11.7 Å². The van der Waals surface area contributed by atoms with Gasteiger partial charge in [0.2, 0.25) is 5.91 Å². The van der Waals surface area contributed by atoms with Crippen LogP contribution in [-0.2, 0) is 17.6 Å². The molecule has 1 aromatic heterocycles. The van der Waals surface area contributed by atoms with Gasteiger partial charge >= 0.3 is 0 Å². The maximum Gasteiger partial charge on any atom is 0.225 e. The van der Waals surface area contributed by atoms with E-state index < -0.39 is 0 Å². The summed E-state index contributed by atoms with van der Waals surface area (Å²) in [6, 6.07) is 5.38. The quantitative estimate of drug-likeness (QED) is 0.737. The van der Waals surface area contributed by atoms with Gasteiger partial charge in [-0.3, -0.25) is 4.79 Å². The predicted octanol–water partition coefficient (Wildman–Crippen LogP) is 4.80. The fourth-order valence-electron chi connectivity index (χ4n) is 3.72. The van der Waals surface area contributed by atoms with Gasteiger partial charge in [-0.2, -0.15) is 0 Å². The third-order valence-corrected chi connectivity index (χ3v) is 5.39. The van der Waals surface area contributed by atoms with Crippen molar-refractivity contribution in [3.63, 3.8) is 0 Å². The Kier molecular flexibility index (Phi) is 6.09. The second-order valence-electron chi connectivity index (χ2n) is 7.46. The second kappa shape index (κ2) is 8.51. The monoisotopic (exact) mass is 367 g/mol. The first-order valence-electron chi connectivity index (χ1n) is 10.0. The number of phenols is 1. The number of unbranched alkanes of at least 4 members (excludes halogenated alkanes) is 1. The summed E-state index contributed by atoms with van der Waals surface area (Å²) in [5.41, 5.74) is 4.61. The maximum absolute atomic E-state index is 12.5. The van der Waals surface area contributed by atoms with Crippen LogP contribution in [0.5, 0.6) is 5.75 Å². The molecule has 0 saturated heterocycles. The van der Waals surface area contributed by atoms with Crippen LogP contribution in [0.25, 0.3) is 11.3 Å². The van der Waals surface area contributed by atoms with Crippen LogP contribution < -0.4 is 5.32 Å². The van der Waals surface area contributed by atoms with Crippen molar-refractivity contribution in [3.05, 3.63) is 35.2 Å². The molecule has 1 atom stereocenters. The molecule has 27 heavy (non-hydrogen) atoms. The first-order valence-corrected chi connectivity index (χ1v) is 10.0. The lowest BCUT2D eigenvalue weighted by Crippen LogP contribution is -2.19. The van der Waals surface area contributed by atoms with Gasteiger partial charge in [0, 0.05) is 12.0 Å². The van der Waals surface area contributed by atoms with Crippen LogP contribution in [0.2, 0.25) is 0 Å². The number of anilines is 1. The summed E-state index contributed by atoms with van der Waals surface area (Å²) in [5.74, 6) is 1.30. The van der Waals surface area contributed by atoms with Crippen LogP contribution in [-0.4, -0.2) is 21.0 Å². The lowest BCUT2D eigenvalue weighted by molar-refractivity contribution is -0.117. The zero-order valence-corrected chi connectivity index (χ0v) is 16.5. The number of rotatable bonds is 7. The highest BCUT2D eigenvalue weighted by Crippen LogP contribution is 2.34. The number of fused-ring (bicyclic) bond motifs is 3. The third kappa shape index (κ3) is 4.46. The number of carbonyl (C=O) groups excluding carboxylic acids is 1. The van der Waals surface area contributed by atoms with E-state index in [0.29, 0.717) is 18.2 Å². The van der Waals surface area contributed by atoms with Crippen molar-refractivity contribution in [3.8, 4) is 17.0 Å². The molecule has 0 aliphatic heterocycles. The van der Waals surface area contributed by atoms with Gasteiger partial charge in [0.05, 0.1) is 17.1 Å². The van der Waals surface area contributed by atoms with Crippen LogP contribution in [0.3, 0.4) is 0 Å². The van der Waals surface area contributed by atoms with Gasteiger partial charge in [0.15, 0.2) is 5.82 Å². The van der Waals surface area contributed by atoms with Gasteiger partial charge in [-0.1, -0.05) is 33.1 Å². The summed E-state index contributed by atoms with van der Waals surface area (Å²) in [7, 11) is 0. The van der Waals surface area contributed by atoms with Crippen LogP contribution in [0.4, 0.5) is 5.82 Å². The van der Waals surface area contributed by atoms with Crippen LogP contribution in [0.1, 0.15) is 62.9 Å². The van der Waals surface area contributed by atoms with Gasteiger partial charge < -0.3 is 10.4 Å². The number of aryl methyl sites for hydroxylation is 3. The molecule has 0 radical (unpaired) electrons. The van der Waals surface area contributed by atoms with Crippen molar-refractivity contribution in [2.75, 3.05) is 5.32 Å². The van der Waals surface area contributed by atoms with Crippen molar-refractivity contribution in [1.82, 2.24) is 9.97 Å². The Bertz CT molecular complexity index is 833. The van der Waals surface area contributed by atoms with E-state index in [9.17, 15) is 9.90 Å². The van der Waals surface area contributed by atoms with Crippen LogP contribution >= 0.6 is 0 Å². The maximum atomic E-state index is 12.5. The number of aromatic nitrogens is 2. The number of amides is 1. The number of hydrogen-bond donors (Lipinski definition) is 2. The largest absolute Gasteiger partial charge is 0.508 e. The van der Waals surface area contributed by atoms with Crippen molar-refractivity contribution < 1.29 is 9.90 Å². The number of nitrogens with zero attached hydrogens (tertiary/aromatic N) is 2. The number of carbonyl (C=O) groups is 1.